The Kier molecular flexibility index (Phi) is 4.64. The highest BCUT2D eigenvalue weighted by Gasteiger charge is 2.09. The van der Waals surface area contributed by atoms with Crippen LogP contribution in [0.4, 0.5) is 0 Å². The number of hydrogen-bond acceptors (Lipinski definition) is 2. The average Bonchev–Trinajstić information content (AvgIpc) is 2.94. The van der Waals surface area contributed by atoms with Gasteiger partial charge in [0, 0.05) is 11.1 Å². The largest absolute Gasteiger partial charge is 0.467 e. The van der Waals surface area contributed by atoms with Crippen LogP contribution in [0, 0.1) is 6.92 Å². The van der Waals surface area contributed by atoms with Crippen molar-refractivity contribution in [1.29, 1.82) is 0 Å². The highest BCUT2D eigenvalue weighted by molar-refractivity contribution is 6.31. The Morgan fingerprint density at radius 3 is 2.85 bits per heavy atom. The minimum Gasteiger partial charge on any atom is -0.467 e. The summed E-state index contributed by atoms with van der Waals surface area (Å²) in [4.78, 5) is 11.8. The van der Waals surface area contributed by atoms with E-state index in [1.165, 1.54) is 6.08 Å². The molecule has 0 saturated heterocycles. The lowest BCUT2D eigenvalue weighted by Crippen LogP contribution is -2.24. The number of amides is 1. The summed E-state index contributed by atoms with van der Waals surface area (Å²) >= 11 is 6.03. The molecule has 2 aromatic rings. The summed E-state index contributed by atoms with van der Waals surface area (Å²) in [6, 6.07) is 9.13. The van der Waals surface area contributed by atoms with Gasteiger partial charge in [0.1, 0.15) is 5.76 Å². The molecule has 0 fully saturated rings. The van der Waals surface area contributed by atoms with E-state index in [1.807, 2.05) is 38.1 Å². The van der Waals surface area contributed by atoms with Crippen LogP contribution in [0.5, 0.6) is 0 Å². The number of hydrogen-bond donors (Lipinski definition) is 1. The lowest BCUT2D eigenvalue weighted by atomic mass is 10.1. The number of aryl methyl sites for hydroxylation is 1. The molecule has 4 heteroatoms. The number of carbonyl (C=O) groups excluding carboxylic acids is 1. The molecule has 0 aliphatic heterocycles. The van der Waals surface area contributed by atoms with Gasteiger partial charge >= 0.3 is 0 Å². The lowest BCUT2D eigenvalue weighted by Gasteiger charge is -2.09. The van der Waals surface area contributed by atoms with E-state index in [9.17, 15) is 4.79 Å². The maximum atomic E-state index is 11.8. The fourth-order valence-corrected chi connectivity index (χ4v) is 1.94. The normalized spacial score (nSPS) is 12.6. The summed E-state index contributed by atoms with van der Waals surface area (Å²) in [6.07, 6.45) is 4.80. The van der Waals surface area contributed by atoms with Crippen molar-refractivity contribution in [2.24, 2.45) is 0 Å². The molecule has 104 valence electrons. The van der Waals surface area contributed by atoms with Crippen molar-refractivity contribution in [3.63, 3.8) is 0 Å². The molecule has 1 N–H and O–H groups in total. The Labute approximate surface area is 123 Å². The lowest BCUT2D eigenvalue weighted by molar-refractivity contribution is -0.117. The first-order chi connectivity index (χ1) is 9.56. The number of rotatable bonds is 4. The predicted molar refractivity (Wildman–Crippen MR) is 80.5 cm³/mol. The smallest absolute Gasteiger partial charge is 0.244 e. The summed E-state index contributed by atoms with van der Waals surface area (Å²) in [7, 11) is 0. The topological polar surface area (TPSA) is 42.2 Å². The van der Waals surface area contributed by atoms with Crippen molar-refractivity contribution in [1.82, 2.24) is 5.32 Å². The summed E-state index contributed by atoms with van der Waals surface area (Å²) in [5, 5.41) is 3.52. The first-order valence-corrected chi connectivity index (χ1v) is 6.72. The molecule has 1 aromatic heterocycles. The third-order valence-corrected chi connectivity index (χ3v) is 3.36. The van der Waals surface area contributed by atoms with Gasteiger partial charge in [-0.2, -0.15) is 0 Å². The van der Waals surface area contributed by atoms with Gasteiger partial charge in [-0.3, -0.25) is 4.79 Å². The van der Waals surface area contributed by atoms with E-state index in [4.69, 9.17) is 16.0 Å². The molecule has 0 saturated carbocycles. The van der Waals surface area contributed by atoms with Gasteiger partial charge < -0.3 is 9.73 Å². The van der Waals surface area contributed by atoms with E-state index >= 15 is 0 Å². The van der Waals surface area contributed by atoms with Gasteiger partial charge in [-0.1, -0.05) is 23.7 Å². The quantitative estimate of drug-likeness (QED) is 0.860. The van der Waals surface area contributed by atoms with Gasteiger partial charge in [-0.05, 0) is 49.2 Å². The number of nitrogens with one attached hydrogen (secondary N) is 1. The summed E-state index contributed by atoms with van der Waals surface area (Å²) in [6.45, 7) is 3.81. The van der Waals surface area contributed by atoms with Crippen LogP contribution < -0.4 is 5.32 Å². The highest BCUT2D eigenvalue weighted by atomic mass is 35.5. The third-order valence-electron chi connectivity index (χ3n) is 2.95. The van der Waals surface area contributed by atoms with E-state index in [0.29, 0.717) is 5.02 Å². The number of furan rings is 1. The van der Waals surface area contributed by atoms with Crippen LogP contribution in [0.3, 0.4) is 0 Å². The molecule has 3 nitrogen and oxygen atoms in total. The standard InChI is InChI=1S/C16H16ClNO2/c1-11-5-6-13(10-14(11)17)7-8-16(19)18-12(2)15-4-3-9-20-15/h3-10,12H,1-2H3,(H,18,19)/b8-7+/t12-/m0/s1. The Hall–Kier alpha value is -2.00. The highest BCUT2D eigenvalue weighted by Crippen LogP contribution is 2.17. The maximum absolute atomic E-state index is 11.8. The minimum absolute atomic E-state index is 0.163. The Morgan fingerprint density at radius 2 is 2.20 bits per heavy atom. The Morgan fingerprint density at radius 1 is 1.40 bits per heavy atom. The van der Waals surface area contributed by atoms with Crippen LogP contribution in [0.2, 0.25) is 5.02 Å². The summed E-state index contributed by atoms with van der Waals surface area (Å²) in [5.74, 6) is 0.552. The van der Waals surface area contributed by atoms with Crippen LogP contribution in [0.15, 0.2) is 47.1 Å². The molecule has 0 unspecified atom stereocenters. The molecule has 0 aliphatic carbocycles. The number of carbonyl (C=O) groups is 1. The number of benzene rings is 1. The SMILES string of the molecule is Cc1ccc(/C=C/C(=O)N[C@@H](C)c2ccco2)cc1Cl. The molecule has 1 atom stereocenters. The van der Waals surface area contributed by atoms with E-state index in [1.54, 1.807) is 18.4 Å². The van der Waals surface area contributed by atoms with E-state index in [-0.39, 0.29) is 11.9 Å². The first-order valence-electron chi connectivity index (χ1n) is 6.34. The molecule has 1 amide bonds. The molecular weight excluding hydrogens is 274 g/mol. The molecule has 0 spiro atoms. The van der Waals surface area contributed by atoms with E-state index < -0.39 is 0 Å². The van der Waals surface area contributed by atoms with Crippen molar-refractivity contribution in [2.45, 2.75) is 19.9 Å². The van der Waals surface area contributed by atoms with Gasteiger partial charge in [-0.25, -0.2) is 0 Å². The predicted octanol–water partition coefficient (Wildman–Crippen LogP) is 4.13. The summed E-state index contributed by atoms with van der Waals surface area (Å²) in [5.41, 5.74) is 1.90. The molecule has 0 aliphatic rings. The molecule has 0 bridgehead atoms. The van der Waals surface area contributed by atoms with E-state index in [0.717, 1.165) is 16.9 Å². The summed E-state index contributed by atoms with van der Waals surface area (Å²) < 4.78 is 5.23. The maximum Gasteiger partial charge on any atom is 0.244 e. The van der Waals surface area contributed by atoms with Crippen LogP contribution in [-0.2, 0) is 4.79 Å². The fourth-order valence-electron chi connectivity index (χ4n) is 1.75. The van der Waals surface area contributed by atoms with Crippen LogP contribution in [0.25, 0.3) is 6.08 Å². The van der Waals surface area contributed by atoms with Gasteiger partial charge in [-0.15, -0.1) is 0 Å². The van der Waals surface area contributed by atoms with Gasteiger partial charge in [0.15, 0.2) is 0 Å². The van der Waals surface area contributed by atoms with Crippen molar-refractivity contribution in [3.05, 3.63) is 64.6 Å². The van der Waals surface area contributed by atoms with Crippen LogP contribution >= 0.6 is 11.6 Å². The Bertz CT molecular complexity index is 617. The Balaban J connectivity index is 1.97. The zero-order valence-corrected chi connectivity index (χ0v) is 12.1. The molecule has 20 heavy (non-hydrogen) atoms. The zero-order valence-electron chi connectivity index (χ0n) is 11.4. The average molecular weight is 290 g/mol. The fraction of sp³-hybridized carbons (Fsp3) is 0.188. The van der Waals surface area contributed by atoms with E-state index in [2.05, 4.69) is 5.32 Å². The van der Waals surface area contributed by atoms with Gasteiger partial charge in [0.2, 0.25) is 5.91 Å². The molecule has 2 rings (SSSR count). The molecular formula is C16H16ClNO2. The third kappa shape index (κ3) is 3.75. The van der Waals surface area contributed by atoms with Crippen molar-refractivity contribution in [2.75, 3.05) is 0 Å². The van der Waals surface area contributed by atoms with Gasteiger partial charge in [0.05, 0.1) is 12.3 Å². The second kappa shape index (κ2) is 6.44. The first kappa shape index (κ1) is 14.4. The van der Waals surface area contributed by atoms with Crippen LogP contribution in [0.1, 0.15) is 29.9 Å². The van der Waals surface area contributed by atoms with Crippen LogP contribution in [-0.4, -0.2) is 5.91 Å². The zero-order chi connectivity index (χ0) is 14.5. The van der Waals surface area contributed by atoms with Crippen molar-refractivity contribution >= 4 is 23.6 Å². The minimum atomic E-state index is -0.175. The molecule has 0 radical (unpaired) electrons. The number of halogens is 1. The second-order valence-electron chi connectivity index (χ2n) is 4.59. The van der Waals surface area contributed by atoms with Crippen molar-refractivity contribution < 1.29 is 9.21 Å². The molecule has 1 aromatic carbocycles. The van der Waals surface area contributed by atoms with Crippen molar-refractivity contribution in [3.8, 4) is 0 Å². The molecule has 1 heterocycles. The monoisotopic (exact) mass is 289 g/mol. The van der Waals surface area contributed by atoms with Gasteiger partial charge in [0.25, 0.3) is 0 Å². The second-order valence-corrected chi connectivity index (χ2v) is 4.99.